The fraction of sp³-hybridized carbons (Fsp3) is 0.125. The van der Waals surface area contributed by atoms with E-state index in [1.165, 1.54) is 12.1 Å². The van der Waals surface area contributed by atoms with Crippen LogP contribution in [0.2, 0.25) is 5.02 Å². The van der Waals surface area contributed by atoms with Gasteiger partial charge in [-0.3, -0.25) is 4.79 Å². The first-order valence-electron chi connectivity index (χ1n) is 3.55. The molecule has 6 heteroatoms. The number of nitrogens with one attached hydrogen (secondary N) is 1. The highest BCUT2D eigenvalue weighted by Crippen LogP contribution is 2.25. The van der Waals surface area contributed by atoms with Crippen molar-refractivity contribution >= 4 is 39.1 Å². The van der Waals surface area contributed by atoms with Gasteiger partial charge in [-0.25, -0.2) is 0 Å². The van der Waals surface area contributed by atoms with E-state index < -0.39 is 12.3 Å². The first-order chi connectivity index (χ1) is 6.50. The first kappa shape index (κ1) is 11.4. The standard InChI is InChI=1S/C8H5BrClF2NO/c9-5-2-1-4(3-6(5)10)13-8(14)7(11)12/h1-3,7H,(H,13,14). The van der Waals surface area contributed by atoms with Gasteiger partial charge in [-0.05, 0) is 34.1 Å². The summed E-state index contributed by atoms with van der Waals surface area (Å²) in [5, 5.41) is 2.36. The number of halogens is 4. The van der Waals surface area contributed by atoms with Gasteiger partial charge in [0.25, 0.3) is 5.91 Å². The van der Waals surface area contributed by atoms with Gasteiger partial charge in [0.05, 0.1) is 5.02 Å². The van der Waals surface area contributed by atoms with Crippen LogP contribution in [-0.4, -0.2) is 12.3 Å². The Bertz CT molecular complexity index is 359. The van der Waals surface area contributed by atoms with Crippen molar-refractivity contribution in [2.45, 2.75) is 6.43 Å². The van der Waals surface area contributed by atoms with E-state index in [4.69, 9.17) is 11.6 Å². The summed E-state index contributed by atoms with van der Waals surface area (Å²) in [5.74, 6) is -1.34. The molecule has 1 rings (SSSR count). The quantitative estimate of drug-likeness (QED) is 0.887. The molecule has 14 heavy (non-hydrogen) atoms. The van der Waals surface area contributed by atoms with Gasteiger partial charge in [0.1, 0.15) is 0 Å². The Morgan fingerprint density at radius 3 is 2.64 bits per heavy atom. The van der Waals surface area contributed by atoms with Crippen LogP contribution < -0.4 is 5.32 Å². The van der Waals surface area contributed by atoms with Gasteiger partial charge < -0.3 is 5.32 Å². The van der Waals surface area contributed by atoms with Gasteiger partial charge in [0.2, 0.25) is 0 Å². The molecule has 0 heterocycles. The van der Waals surface area contributed by atoms with Gasteiger partial charge in [-0.15, -0.1) is 0 Å². The van der Waals surface area contributed by atoms with Crippen LogP contribution in [0.3, 0.4) is 0 Å². The van der Waals surface area contributed by atoms with Crippen molar-refractivity contribution in [2.24, 2.45) is 0 Å². The van der Waals surface area contributed by atoms with Crippen molar-refractivity contribution in [1.29, 1.82) is 0 Å². The fourth-order valence-corrected chi connectivity index (χ4v) is 1.20. The second-order valence-electron chi connectivity index (χ2n) is 2.42. The van der Waals surface area contributed by atoms with Gasteiger partial charge in [0, 0.05) is 10.2 Å². The number of carbonyl (C=O) groups is 1. The van der Waals surface area contributed by atoms with Crippen molar-refractivity contribution < 1.29 is 13.6 Å². The molecular weight excluding hydrogens is 279 g/mol. The summed E-state index contributed by atoms with van der Waals surface area (Å²) in [7, 11) is 0. The maximum atomic E-state index is 11.8. The minimum Gasteiger partial charge on any atom is -0.321 e. The van der Waals surface area contributed by atoms with E-state index in [2.05, 4.69) is 15.9 Å². The van der Waals surface area contributed by atoms with Gasteiger partial charge in [0.15, 0.2) is 0 Å². The number of rotatable bonds is 2. The van der Waals surface area contributed by atoms with Crippen molar-refractivity contribution in [3.63, 3.8) is 0 Å². The smallest absolute Gasteiger partial charge is 0.315 e. The third kappa shape index (κ3) is 2.92. The molecular formula is C8H5BrClF2NO. The molecule has 0 spiro atoms. The molecule has 0 aliphatic heterocycles. The maximum Gasteiger partial charge on any atom is 0.315 e. The molecule has 0 radical (unpaired) electrons. The average Bonchev–Trinajstić information content (AvgIpc) is 2.11. The van der Waals surface area contributed by atoms with E-state index in [1.807, 2.05) is 5.32 Å². The van der Waals surface area contributed by atoms with Crippen LogP contribution in [0.5, 0.6) is 0 Å². The lowest BCUT2D eigenvalue weighted by atomic mass is 10.3. The molecule has 1 aromatic carbocycles. The number of benzene rings is 1. The average molecular weight is 284 g/mol. The second-order valence-corrected chi connectivity index (χ2v) is 3.68. The molecule has 1 N–H and O–H groups in total. The summed E-state index contributed by atoms with van der Waals surface area (Å²) < 4.78 is 24.3. The van der Waals surface area contributed by atoms with Crippen LogP contribution in [0.25, 0.3) is 0 Å². The molecule has 0 aliphatic rings. The molecule has 1 aromatic rings. The van der Waals surface area contributed by atoms with Crippen molar-refractivity contribution in [1.82, 2.24) is 0 Å². The number of hydrogen-bond donors (Lipinski definition) is 1. The molecule has 0 fully saturated rings. The Morgan fingerprint density at radius 2 is 2.14 bits per heavy atom. The van der Waals surface area contributed by atoms with Crippen molar-refractivity contribution in [3.05, 3.63) is 27.7 Å². The molecule has 0 saturated heterocycles. The number of hydrogen-bond acceptors (Lipinski definition) is 1. The predicted molar refractivity (Wildman–Crippen MR) is 53.8 cm³/mol. The van der Waals surface area contributed by atoms with Crippen LogP contribution in [-0.2, 0) is 4.79 Å². The first-order valence-corrected chi connectivity index (χ1v) is 4.72. The second kappa shape index (κ2) is 4.70. The van der Waals surface area contributed by atoms with Gasteiger partial charge in [-0.1, -0.05) is 11.6 Å². The lowest BCUT2D eigenvalue weighted by molar-refractivity contribution is -0.126. The fourth-order valence-electron chi connectivity index (χ4n) is 0.771. The summed E-state index contributed by atoms with van der Waals surface area (Å²) in [5.41, 5.74) is 0.239. The molecule has 76 valence electrons. The third-order valence-electron chi connectivity index (χ3n) is 1.39. The summed E-state index contributed by atoms with van der Waals surface area (Å²) in [6, 6.07) is 4.41. The third-order valence-corrected chi connectivity index (χ3v) is 2.62. The zero-order valence-electron chi connectivity index (χ0n) is 6.73. The topological polar surface area (TPSA) is 29.1 Å². The van der Waals surface area contributed by atoms with E-state index in [9.17, 15) is 13.6 Å². The Kier molecular flexibility index (Phi) is 3.83. The number of anilines is 1. The molecule has 0 atom stereocenters. The largest absolute Gasteiger partial charge is 0.321 e. The van der Waals surface area contributed by atoms with E-state index in [0.29, 0.717) is 9.50 Å². The monoisotopic (exact) mass is 283 g/mol. The van der Waals surface area contributed by atoms with Gasteiger partial charge >= 0.3 is 6.43 Å². The Hall–Kier alpha value is -0.680. The lowest BCUT2D eigenvalue weighted by Gasteiger charge is -2.05. The lowest BCUT2D eigenvalue weighted by Crippen LogP contribution is -2.19. The zero-order valence-corrected chi connectivity index (χ0v) is 9.07. The normalized spacial score (nSPS) is 10.4. The van der Waals surface area contributed by atoms with E-state index in [0.717, 1.165) is 0 Å². The highest BCUT2D eigenvalue weighted by molar-refractivity contribution is 9.10. The number of alkyl halides is 2. The van der Waals surface area contributed by atoms with Crippen molar-refractivity contribution in [2.75, 3.05) is 5.32 Å². The molecule has 0 unspecified atom stereocenters. The summed E-state index contributed by atoms with van der Waals surface area (Å²) in [6.07, 6.45) is -3.03. The summed E-state index contributed by atoms with van der Waals surface area (Å²) in [6.45, 7) is 0. The minimum atomic E-state index is -3.03. The zero-order chi connectivity index (χ0) is 10.7. The summed E-state index contributed by atoms with van der Waals surface area (Å²) >= 11 is 8.82. The molecule has 0 aromatic heterocycles. The van der Waals surface area contributed by atoms with E-state index in [1.54, 1.807) is 6.07 Å². The van der Waals surface area contributed by atoms with E-state index in [-0.39, 0.29) is 5.69 Å². The van der Waals surface area contributed by atoms with Crippen LogP contribution in [0.4, 0.5) is 14.5 Å². The molecule has 1 amide bonds. The molecule has 0 aliphatic carbocycles. The predicted octanol–water partition coefficient (Wildman–Crippen LogP) is 3.31. The Labute approximate surface area is 92.4 Å². The summed E-state index contributed by atoms with van der Waals surface area (Å²) in [4.78, 5) is 10.6. The SMILES string of the molecule is O=C(Nc1ccc(Br)c(Cl)c1)C(F)F. The van der Waals surface area contributed by atoms with Crippen molar-refractivity contribution in [3.8, 4) is 0 Å². The minimum absolute atomic E-state index is 0.239. The number of amides is 1. The Morgan fingerprint density at radius 1 is 1.50 bits per heavy atom. The highest BCUT2D eigenvalue weighted by Gasteiger charge is 2.15. The van der Waals surface area contributed by atoms with Gasteiger partial charge in [-0.2, -0.15) is 8.78 Å². The van der Waals surface area contributed by atoms with Crippen LogP contribution >= 0.6 is 27.5 Å². The number of carbonyl (C=O) groups excluding carboxylic acids is 1. The molecule has 0 saturated carbocycles. The van der Waals surface area contributed by atoms with Crippen LogP contribution in [0.1, 0.15) is 0 Å². The van der Waals surface area contributed by atoms with Crippen LogP contribution in [0.15, 0.2) is 22.7 Å². The molecule has 2 nitrogen and oxygen atoms in total. The van der Waals surface area contributed by atoms with Crippen LogP contribution in [0, 0.1) is 0 Å². The molecule has 0 bridgehead atoms. The van der Waals surface area contributed by atoms with E-state index >= 15 is 0 Å². The Balaban J connectivity index is 2.78. The highest BCUT2D eigenvalue weighted by atomic mass is 79.9. The maximum absolute atomic E-state index is 11.8.